The molecule has 74 valence electrons. The minimum absolute atomic E-state index is 0.0936. The number of primary amides is 2. The molecule has 1 saturated heterocycles. The lowest BCUT2D eigenvalue weighted by molar-refractivity contribution is -0.127. The fraction of sp³-hybridized carbons (Fsp3) is 0.600. The van der Waals surface area contributed by atoms with Crippen LogP contribution in [0.5, 0.6) is 0 Å². The molecule has 0 aromatic heterocycles. The average Bonchev–Trinajstić information content (AvgIpc) is 2.31. The fourth-order valence-electron chi connectivity index (χ4n) is 0.902. The van der Waals surface area contributed by atoms with Crippen LogP contribution in [0.25, 0.3) is 0 Å². The number of nitrogens with two attached hydrogens (primary N) is 2. The van der Waals surface area contributed by atoms with Crippen molar-refractivity contribution in [1.29, 1.82) is 0 Å². The van der Waals surface area contributed by atoms with Crippen LogP contribution in [0.3, 0.4) is 0 Å². The average molecular weight is 244 g/mol. The summed E-state index contributed by atoms with van der Waals surface area (Å²) in [4.78, 5) is 18.5. The van der Waals surface area contributed by atoms with Crippen LogP contribution >= 0.6 is 35.1 Å². The number of hydrogen-bond acceptors (Lipinski definition) is 4. The number of alkyl halides is 2. The van der Waals surface area contributed by atoms with Crippen molar-refractivity contribution < 1.29 is 9.59 Å². The van der Waals surface area contributed by atoms with Gasteiger partial charge in [0, 0.05) is 5.75 Å². The van der Waals surface area contributed by atoms with Crippen LogP contribution in [0.1, 0.15) is 0 Å². The summed E-state index contributed by atoms with van der Waals surface area (Å²) in [5.74, 6) is -1.70. The number of nitrogens with one attached hydrogen (secondary N) is 1. The number of carbonyl (C=O) groups is 2. The normalized spacial score (nSPS) is 38.9. The van der Waals surface area contributed by atoms with Crippen LogP contribution < -0.4 is 16.2 Å². The maximum Gasteiger partial charge on any atom is 0.256 e. The second kappa shape index (κ2) is 3.20. The van der Waals surface area contributed by atoms with Crippen molar-refractivity contribution in [3.05, 3.63) is 0 Å². The van der Waals surface area contributed by atoms with E-state index in [0.717, 1.165) is 11.9 Å². The first kappa shape index (κ1) is 10.9. The van der Waals surface area contributed by atoms with Gasteiger partial charge < -0.3 is 11.5 Å². The molecule has 0 saturated carbocycles. The lowest BCUT2D eigenvalue weighted by Gasteiger charge is -2.29. The van der Waals surface area contributed by atoms with Gasteiger partial charge in [-0.15, -0.1) is 11.6 Å². The van der Waals surface area contributed by atoms with Crippen molar-refractivity contribution in [2.45, 2.75) is 9.87 Å². The summed E-state index contributed by atoms with van der Waals surface area (Å²) in [7, 11) is 0. The van der Waals surface area contributed by atoms with Gasteiger partial charge in [-0.25, -0.2) is 4.72 Å². The van der Waals surface area contributed by atoms with Gasteiger partial charge in [0.2, 0.25) is 10.9 Å². The van der Waals surface area contributed by atoms with E-state index in [4.69, 9.17) is 34.7 Å². The highest BCUT2D eigenvalue weighted by Gasteiger charge is 2.62. The molecule has 0 aliphatic carbocycles. The number of amides is 2. The van der Waals surface area contributed by atoms with E-state index >= 15 is 0 Å². The molecule has 8 heteroatoms. The van der Waals surface area contributed by atoms with Gasteiger partial charge in [0.25, 0.3) is 5.91 Å². The van der Waals surface area contributed by atoms with Crippen molar-refractivity contribution in [3.8, 4) is 0 Å². The molecule has 0 aromatic carbocycles. The molecule has 0 spiro atoms. The number of rotatable bonds is 2. The lowest BCUT2D eigenvalue weighted by atomic mass is 10.00. The van der Waals surface area contributed by atoms with E-state index in [1.54, 1.807) is 0 Å². The summed E-state index contributed by atoms with van der Waals surface area (Å²) in [6.07, 6.45) is 0. The van der Waals surface area contributed by atoms with E-state index in [-0.39, 0.29) is 5.75 Å². The zero-order valence-electron chi connectivity index (χ0n) is 6.34. The van der Waals surface area contributed by atoms with Gasteiger partial charge >= 0.3 is 0 Å². The van der Waals surface area contributed by atoms with E-state index in [0.29, 0.717) is 0 Å². The van der Waals surface area contributed by atoms with Crippen molar-refractivity contribution in [2.24, 2.45) is 11.5 Å². The zero-order chi connectivity index (χ0) is 10.3. The molecule has 2 unspecified atom stereocenters. The largest absolute Gasteiger partial charge is 0.368 e. The Hall–Kier alpha value is -0.170. The molecule has 1 fully saturated rings. The zero-order valence-corrected chi connectivity index (χ0v) is 8.67. The summed E-state index contributed by atoms with van der Waals surface area (Å²) < 4.78 is 2.48. The summed E-state index contributed by atoms with van der Waals surface area (Å²) in [6, 6.07) is 0. The molecule has 1 aliphatic rings. The molecular formula is C5H7Cl2N3O2S. The topological polar surface area (TPSA) is 98.2 Å². The monoisotopic (exact) mass is 243 g/mol. The van der Waals surface area contributed by atoms with E-state index in [1.807, 2.05) is 0 Å². The number of hydrogen-bond donors (Lipinski definition) is 3. The van der Waals surface area contributed by atoms with Gasteiger partial charge in [0.1, 0.15) is 0 Å². The standard InChI is InChI=1S/C5H7Cl2N3O2S/c6-4(2(8)11)1-13-10-5(4,7)3(9)12/h10H,1H2,(H2,8,11)(H2,9,12). The third-order valence-corrected chi connectivity index (χ3v) is 4.36. The summed E-state index contributed by atoms with van der Waals surface area (Å²) >= 11 is 12.6. The highest BCUT2D eigenvalue weighted by Crippen LogP contribution is 2.42. The quantitative estimate of drug-likeness (QED) is 0.334. The minimum atomic E-state index is -1.81. The van der Waals surface area contributed by atoms with E-state index in [2.05, 4.69) is 4.72 Å². The summed E-state index contributed by atoms with van der Waals surface area (Å²) in [6.45, 7) is 0. The first-order chi connectivity index (χ1) is 5.84. The Kier molecular flexibility index (Phi) is 2.68. The number of carbonyl (C=O) groups excluding carboxylic acids is 2. The van der Waals surface area contributed by atoms with Crippen molar-refractivity contribution in [3.63, 3.8) is 0 Å². The summed E-state index contributed by atoms with van der Waals surface area (Å²) in [5.41, 5.74) is 10.0. The molecule has 0 aromatic rings. The highest BCUT2D eigenvalue weighted by atomic mass is 35.5. The van der Waals surface area contributed by atoms with Gasteiger partial charge in [-0.2, -0.15) is 0 Å². The molecule has 13 heavy (non-hydrogen) atoms. The van der Waals surface area contributed by atoms with E-state index in [1.165, 1.54) is 0 Å². The van der Waals surface area contributed by atoms with Gasteiger partial charge in [-0.05, 0) is 0 Å². The summed E-state index contributed by atoms with van der Waals surface area (Å²) in [5, 5.41) is 0. The van der Waals surface area contributed by atoms with Gasteiger partial charge in [0.05, 0.1) is 0 Å². The van der Waals surface area contributed by atoms with Crippen LogP contribution in [-0.4, -0.2) is 27.4 Å². The molecule has 5 nitrogen and oxygen atoms in total. The Labute approximate surface area is 88.6 Å². The molecular weight excluding hydrogens is 237 g/mol. The van der Waals surface area contributed by atoms with Gasteiger partial charge in [0.15, 0.2) is 4.87 Å². The van der Waals surface area contributed by atoms with Crippen molar-refractivity contribution >= 4 is 47.0 Å². The Bertz CT molecular complexity index is 251. The number of halogens is 2. The van der Waals surface area contributed by atoms with Crippen LogP contribution in [-0.2, 0) is 9.59 Å². The molecule has 2 atom stereocenters. The molecule has 2 amide bonds. The van der Waals surface area contributed by atoms with Crippen LogP contribution in [0.15, 0.2) is 0 Å². The van der Waals surface area contributed by atoms with Gasteiger partial charge in [-0.3, -0.25) is 9.59 Å². The second-order valence-corrected chi connectivity index (χ2v) is 4.57. The Balaban J connectivity index is 3.11. The Morgan fingerprint density at radius 1 is 1.31 bits per heavy atom. The first-order valence-corrected chi connectivity index (χ1v) is 4.95. The second-order valence-electron chi connectivity index (χ2n) is 2.58. The molecule has 0 bridgehead atoms. The third kappa shape index (κ3) is 1.38. The van der Waals surface area contributed by atoms with Crippen LogP contribution in [0.2, 0.25) is 0 Å². The predicted molar refractivity (Wildman–Crippen MR) is 51.2 cm³/mol. The molecule has 0 radical (unpaired) electrons. The first-order valence-electron chi connectivity index (χ1n) is 3.21. The van der Waals surface area contributed by atoms with Crippen LogP contribution in [0.4, 0.5) is 0 Å². The molecule has 1 aliphatic heterocycles. The smallest absolute Gasteiger partial charge is 0.256 e. The fourth-order valence-corrected chi connectivity index (χ4v) is 2.77. The molecule has 5 N–H and O–H groups in total. The van der Waals surface area contributed by atoms with E-state index < -0.39 is 21.7 Å². The Morgan fingerprint density at radius 2 is 1.85 bits per heavy atom. The minimum Gasteiger partial charge on any atom is -0.368 e. The maximum absolute atomic E-state index is 11.0. The molecule has 1 rings (SSSR count). The SMILES string of the molecule is NC(=O)C1(Cl)CSNC1(Cl)C(N)=O. The van der Waals surface area contributed by atoms with E-state index in [9.17, 15) is 9.59 Å². The van der Waals surface area contributed by atoms with Crippen molar-refractivity contribution in [2.75, 3.05) is 5.75 Å². The van der Waals surface area contributed by atoms with Crippen LogP contribution in [0, 0.1) is 0 Å². The Morgan fingerprint density at radius 3 is 2.15 bits per heavy atom. The van der Waals surface area contributed by atoms with Gasteiger partial charge in [-0.1, -0.05) is 23.5 Å². The molecule has 1 heterocycles. The third-order valence-electron chi connectivity index (χ3n) is 1.76. The predicted octanol–water partition coefficient (Wildman–Crippen LogP) is -0.879. The highest BCUT2D eigenvalue weighted by molar-refractivity contribution is 7.98. The maximum atomic E-state index is 11.0. The van der Waals surface area contributed by atoms with Crippen molar-refractivity contribution in [1.82, 2.24) is 4.72 Å². The lowest BCUT2D eigenvalue weighted by Crippen LogP contribution is -2.63.